The predicted molar refractivity (Wildman–Crippen MR) is 209 cm³/mol. The number of furan rings is 1. The van der Waals surface area contributed by atoms with Gasteiger partial charge in [-0.25, -0.2) is 0 Å². The first-order valence-corrected chi connectivity index (χ1v) is 17.6. The molecule has 7 aromatic carbocycles. The number of anilines is 3. The smallest absolute Gasteiger partial charge is 0.159 e. The lowest BCUT2D eigenvalue weighted by Crippen LogP contribution is -2.34. The van der Waals surface area contributed by atoms with E-state index in [4.69, 9.17) is 4.42 Å². The van der Waals surface area contributed by atoms with Crippen LogP contribution in [0.25, 0.3) is 54.6 Å². The highest BCUT2D eigenvalue weighted by atomic mass is 16.3. The maximum atomic E-state index is 6.67. The topological polar surface area (TPSA) is 16.4 Å². The Morgan fingerprint density at radius 2 is 1.14 bits per heavy atom. The highest BCUT2D eigenvalue weighted by Crippen LogP contribution is 2.50. The molecule has 49 heavy (non-hydrogen) atoms. The van der Waals surface area contributed by atoms with Gasteiger partial charge < -0.3 is 9.32 Å². The molecule has 1 heterocycles. The summed E-state index contributed by atoms with van der Waals surface area (Å²) in [7, 11) is 0. The van der Waals surface area contributed by atoms with Crippen molar-refractivity contribution in [2.75, 3.05) is 4.90 Å². The normalized spacial score (nSPS) is 15.2. The van der Waals surface area contributed by atoms with Crippen LogP contribution >= 0.6 is 0 Å². The fraction of sp³-hybridized carbons (Fsp3) is 0.191. The fourth-order valence-corrected chi connectivity index (χ4v) is 8.35. The largest absolute Gasteiger partial charge is 0.454 e. The first-order valence-electron chi connectivity index (χ1n) is 17.6. The van der Waals surface area contributed by atoms with E-state index < -0.39 is 0 Å². The third-order valence-electron chi connectivity index (χ3n) is 11.2. The molecule has 2 nitrogen and oxygen atoms in total. The summed E-state index contributed by atoms with van der Waals surface area (Å²) in [5, 5.41) is 7.38. The molecule has 0 bridgehead atoms. The monoisotopic (exact) mass is 635 g/mol. The second-order valence-electron chi connectivity index (χ2n) is 15.3. The van der Waals surface area contributed by atoms with Crippen molar-refractivity contribution >= 4 is 60.5 Å². The van der Waals surface area contributed by atoms with Crippen molar-refractivity contribution in [1.29, 1.82) is 0 Å². The third kappa shape index (κ3) is 4.69. The average molecular weight is 636 g/mol. The number of benzene rings is 7. The Kier molecular flexibility index (Phi) is 6.58. The van der Waals surface area contributed by atoms with Gasteiger partial charge in [0.15, 0.2) is 5.58 Å². The van der Waals surface area contributed by atoms with Crippen LogP contribution in [-0.4, -0.2) is 0 Å². The number of hydrogen-bond donors (Lipinski definition) is 0. The van der Waals surface area contributed by atoms with Crippen LogP contribution in [-0.2, 0) is 10.8 Å². The Hall–Kier alpha value is -5.34. The molecule has 0 saturated carbocycles. The van der Waals surface area contributed by atoms with Gasteiger partial charge in [-0.3, -0.25) is 0 Å². The number of nitrogens with zero attached hydrogens (tertiary/aromatic N) is 1. The molecule has 240 valence electrons. The average Bonchev–Trinajstić information content (AvgIpc) is 3.50. The Labute approximate surface area is 288 Å². The molecule has 0 spiro atoms. The zero-order valence-corrected chi connectivity index (χ0v) is 29.0. The van der Waals surface area contributed by atoms with Crippen LogP contribution in [0, 0.1) is 6.92 Å². The molecular weight excluding hydrogens is 595 g/mol. The van der Waals surface area contributed by atoms with E-state index in [1.165, 1.54) is 67.9 Å². The van der Waals surface area contributed by atoms with Crippen LogP contribution in [0.5, 0.6) is 0 Å². The van der Waals surface area contributed by atoms with Crippen molar-refractivity contribution < 1.29 is 4.42 Å². The summed E-state index contributed by atoms with van der Waals surface area (Å²) in [4.78, 5) is 2.43. The van der Waals surface area contributed by atoms with Crippen molar-refractivity contribution in [3.05, 3.63) is 150 Å². The van der Waals surface area contributed by atoms with Crippen molar-refractivity contribution in [2.45, 2.75) is 58.3 Å². The van der Waals surface area contributed by atoms with Gasteiger partial charge in [-0.1, -0.05) is 125 Å². The highest BCUT2D eigenvalue weighted by Gasteiger charge is 2.38. The van der Waals surface area contributed by atoms with E-state index in [0.29, 0.717) is 0 Å². The molecule has 1 aliphatic rings. The second-order valence-corrected chi connectivity index (χ2v) is 15.3. The molecule has 0 unspecified atom stereocenters. The van der Waals surface area contributed by atoms with Gasteiger partial charge in [0.05, 0.1) is 5.69 Å². The summed E-state index contributed by atoms with van der Waals surface area (Å²) >= 11 is 0. The molecule has 9 rings (SSSR count). The van der Waals surface area contributed by atoms with Crippen molar-refractivity contribution in [1.82, 2.24) is 0 Å². The van der Waals surface area contributed by atoms with Gasteiger partial charge in [-0.2, -0.15) is 0 Å². The van der Waals surface area contributed by atoms with Gasteiger partial charge in [0.2, 0.25) is 0 Å². The minimum absolute atomic E-state index is 0.0886. The van der Waals surface area contributed by atoms with Crippen LogP contribution < -0.4 is 4.90 Å². The number of hydrogen-bond acceptors (Lipinski definition) is 2. The van der Waals surface area contributed by atoms with Gasteiger partial charge in [-0.05, 0) is 116 Å². The molecule has 0 amide bonds. The molecule has 0 N–H and O–H groups in total. The number of fused-ring (bicyclic) bond motifs is 7. The SMILES string of the molecule is Cc1cc2c(cc1N(c1ccc(-c3cc4ccccc4c4ccccc34)cc1)c1cccc3c1oc1ccccc13)C(C)(C)CCC2(C)C. The summed E-state index contributed by atoms with van der Waals surface area (Å²) in [6, 6.07) is 48.9. The van der Waals surface area contributed by atoms with Crippen LogP contribution in [0.1, 0.15) is 57.2 Å². The highest BCUT2D eigenvalue weighted by molar-refractivity contribution is 6.14. The molecule has 0 fully saturated rings. The van der Waals surface area contributed by atoms with Crippen LogP contribution in [0.2, 0.25) is 0 Å². The molecule has 0 radical (unpaired) electrons. The van der Waals surface area contributed by atoms with E-state index in [9.17, 15) is 0 Å². The maximum Gasteiger partial charge on any atom is 0.159 e. The van der Waals surface area contributed by atoms with E-state index >= 15 is 0 Å². The number of para-hydroxylation sites is 2. The number of rotatable bonds is 4. The zero-order chi connectivity index (χ0) is 33.5. The molecule has 0 aliphatic heterocycles. The quantitative estimate of drug-likeness (QED) is 0.179. The summed E-state index contributed by atoms with van der Waals surface area (Å²) < 4.78 is 6.67. The van der Waals surface area contributed by atoms with Gasteiger partial charge in [-0.15, -0.1) is 0 Å². The van der Waals surface area contributed by atoms with Gasteiger partial charge >= 0.3 is 0 Å². The first kappa shape index (κ1) is 29.8. The lowest BCUT2D eigenvalue weighted by molar-refractivity contribution is 0.332. The third-order valence-corrected chi connectivity index (χ3v) is 11.2. The summed E-state index contributed by atoms with van der Waals surface area (Å²) in [6.07, 6.45) is 2.36. The standard InChI is InChI=1S/C47H41NO/c1-30-27-40-41(47(4,5)26-25-46(40,2)3)29-43(30)48(42-19-12-18-38-37-17-10-11-20-44(37)49-45(38)42)33-23-21-31(22-24-33)39-28-32-13-6-7-14-34(32)35-15-8-9-16-36(35)39/h6-24,27-29H,25-26H2,1-5H3. The molecule has 0 atom stereocenters. The number of aryl methyl sites for hydroxylation is 1. The van der Waals surface area contributed by atoms with Gasteiger partial charge in [0.1, 0.15) is 5.58 Å². The predicted octanol–water partition coefficient (Wildman–Crippen LogP) is 13.7. The van der Waals surface area contributed by atoms with Crippen LogP contribution in [0.3, 0.4) is 0 Å². The maximum absolute atomic E-state index is 6.67. The van der Waals surface area contributed by atoms with Crippen LogP contribution in [0.15, 0.2) is 138 Å². The Morgan fingerprint density at radius 3 is 1.90 bits per heavy atom. The van der Waals surface area contributed by atoms with E-state index in [2.05, 4.69) is 173 Å². The lowest BCUT2D eigenvalue weighted by Gasteiger charge is -2.43. The molecule has 8 aromatic rings. The fourth-order valence-electron chi connectivity index (χ4n) is 8.35. The van der Waals surface area contributed by atoms with Crippen molar-refractivity contribution in [3.8, 4) is 11.1 Å². The molecule has 1 aromatic heterocycles. The Balaban J connectivity index is 1.27. The van der Waals surface area contributed by atoms with Gasteiger partial charge in [0.25, 0.3) is 0 Å². The molecular formula is C47H41NO. The summed E-state index contributed by atoms with van der Waals surface area (Å²) in [6.45, 7) is 11.9. The minimum atomic E-state index is 0.0886. The van der Waals surface area contributed by atoms with E-state index in [1.807, 2.05) is 0 Å². The van der Waals surface area contributed by atoms with E-state index in [-0.39, 0.29) is 10.8 Å². The first-order chi connectivity index (χ1) is 23.7. The van der Waals surface area contributed by atoms with E-state index in [0.717, 1.165) is 33.3 Å². The van der Waals surface area contributed by atoms with Gasteiger partial charge in [0, 0.05) is 22.1 Å². The minimum Gasteiger partial charge on any atom is -0.454 e. The lowest BCUT2D eigenvalue weighted by atomic mass is 9.63. The summed E-state index contributed by atoms with van der Waals surface area (Å²) in [5.74, 6) is 0. The second kappa shape index (κ2) is 10.8. The van der Waals surface area contributed by atoms with Crippen LogP contribution in [0.4, 0.5) is 17.1 Å². The Morgan fingerprint density at radius 1 is 0.531 bits per heavy atom. The molecule has 2 heteroatoms. The molecule has 0 saturated heterocycles. The molecule has 1 aliphatic carbocycles. The van der Waals surface area contributed by atoms with Crippen molar-refractivity contribution in [3.63, 3.8) is 0 Å². The zero-order valence-electron chi connectivity index (χ0n) is 29.0. The van der Waals surface area contributed by atoms with Crippen molar-refractivity contribution in [2.24, 2.45) is 0 Å². The summed E-state index contributed by atoms with van der Waals surface area (Å²) in [5.41, 5.74) is 12.1. The van der Waals surface area contributed by atoms with E-state index in [1.54, 1.807) is 0 Å². The Bertz CT molecular complexity index is 2570.